The Balaban J connectivity index is 2.22. The molecule has 2 aliphatic rings. The van der Waals surface area contributed by atoms with Crippen molar-refractivity contribution >= 4 is 5.97 Å². The number of esters is 1. The standard InChI is InChI=1S/C15H20O3/c1-10-4-3-5-12(9-16)6-7-13-11(2)15(17)18-14(13)8-10/h5,8,13-14,16H,2-4,6-7,9H2,1H3/b10-8+,12-5+/t13-,14-/m0/s1. The van der Waals surface area contributed by atoms with Gasteiger partial charge >= 0.3 is 5.97 Å². The molecule has 0 saturated carbocycles. The first kappa shape index (κ1) is 13.1. The average molecular weight is 248 g/mol. The van der Waals surface area contributed by atoms with Gasteiger partial charge in [-0.2, -0.15) is 0 Å². The summed E-state index contributed by atoms with van der Waals surface area (Å²) in [5.74, 6) is -0.219. The number of carbonyl (C=O) groups excluding carboxylic acids is 1. The number of hydrogen-bond donors (Lipinski definition) is 1. The molecule has 0 unspecified atom stereocenters. The van der Waals surface area contributed by atoms with Crippen molar-refractivity contribution in [1.29, 1.82) is 0 Å². The summed E-state index contributed by atoms with van der Waals surface area (Å²) in [5.41, 5.74) is 2.85. The van der Waals surface area contributed by atoms with Crippen molar-refractivity contribution in [3.63, 3.8) is 0 Å². The van der Waals surface area contributed by atoms with Gasteiger partial charge in [-0.1, -0.05) is 18.2 Å². The third kappa shape index (κ3) is 2.72. The van der Waals surface area contributed by atoms with Gasteiger partial charge in [0.2, 0.25) is 0 Å². The van der Waals surface area contributed by atoms with E-state index in [-0.39, 0.29) is 24.6 Å². The molecule has 0 aromatic rings. The van der Waals surface area contributed by atoms with E-state index in [0.717, 1.165) is 31.3 Å². The highest BCUT2D eigenvalue weighted by Gasteiger charge is 2.37. The quantitative estimate of drug-likeness (QED) is 0.440. The maximum absolute atomic E-state index is 11.6. The second kappa shape index (κ2) is 5.53. The van der Waals surface area contributed by atoms with E-state index in [1.807, 2.05) is 0 Å². The maximum Gasteiger partial charge on any atom is 0.334 e. The molecule has 0 amide bonds. The van der Waals surface area contributed by atoms with Crippen molar-refractivity contribution in [2.24, 2.45) is 5.92 Å². The highest BCUT2D eigenvalue weighted by atomic mass is 16.5. The van der Waals surface area contributed by atoms with Gasteiger partial charge in [-0.05, 0) is 44.3 Å². The molecule has 1 aliphatic heterocycles. The van der Waals surface area contributed by atoms with Crippen LogP contribution in [-0.4, -0.2) is 23.8 Å². The Morgan fingerprint density at radius 3 is 3.00 bits per heavy atom. The predicted octanol–water partition coefficient (Wildman–Crippen LogP) is 2.52. The lowest BCUT2D eigenvalue weighted by molar-refractivity contribution is -0.137. The normalized spacial score (nSPS) is 35.0. The van der Waals surface area contributed by atoms with Gasteiger partial charge in [0.15, 0.2) is 0 Å². The van der Waals surface area contributed by atoms with Crippen LogP contribution in [0.25, 0.3) is 0 Å². The summed E-state index contributed by atoms with van der Waals surface area (Å²) in [7, 11) is 0. The molecule has 1 aliphatic carbocycles. The van der Waals surface area contributed by atoms with Crippen molar-refractivity contribution < 1.29 is 14.6 Å². The number of rotatable bonds is 1. The monoisotopic (exact) mass is 248 g/mol. The third-order valence-electron chi connectivity index (χ3n) is 3.75. The summed E-state index contributed by atoms with van der Waals surface area (Å²) < 4.78 is 5.35. The van der Waals surface area contributed by atoms with Crippen LogP contribution in [0.2, 0.25) is 0 Å². The lowest BCUT2D eigenvalue weighted by Gasteiger charge is -2.17. The van der Waals surface area contributed by atoms with Crippen LogP contribution < -0.4 is 0 Å². The van der Waals surface area contributed by atoms with E-state index in [1.165, 1.54) is 5.57 Å². The van der Waals surface area contributed by atoms with Crippen LogP contribution in [0.3, 0.4) is 0 Å². The summed E-state index contributed by atoms with van der Waals surface area (Å²) in [4.78, 5) is 11.6. The van der Waals surface area contributed by atoms with E-state index in [2.05, 4.69) is 25.7 Å². The van der Waals surface area contributed by atoms with Crippen LogP contribution in [0.5, 0.6) is 0 Å². The van der Waals surface area contributed by atoms with Crippen LogP contribution in [0, 0.1) is 5.92 Å². The Hall–Kier alpha value is -1.35. The number of allylic oxidation sites excluding steroid dienone is 2. The third-order valence-corrected chi connectivity index (χ3v) is 3.75. The molecule has 1 N–H and O–H groups in total. The number of hydrogen-bond acceptors (Lipinski definition) is 3. The van der Waals surface area contributed by atoms with Crippen molar-refractivity contribution in [3.05, 3.63) is 35.5 Å². The molecule has 2 atom stereocenters. The highest BCUT2D eigenvalue weighted by Crippen LogP contribution is 2.34. The lowest BCUT2D eigenvalue weighted by Crippen LogP contribution is -2.15. The fraction of sp³-hybridized carbons (Fsp3) is 0.533. The fourth-order valence-corrected chi connectivity index (χ4v) is 2.57. The van der Waals surface area contributed by atoms with E-state index in [9.17, 15) is 9.90 Å². The van der Waals surface area contributed by atoms with Gasteiger partial charge in [-0.15, -0.1) is 0 Å². The molecule has 0 spiro atoms. The molecule has 0 aromatic carbocycles. The van der Waals surface area contributed by atoms with Gasteiger partial charge in [0.05, 0.1) is 6.61 Å². The molecule has 2 rings (SSSR count). The second-order valence-corrected chi connectivity index (χ2v) is 5.11. The number of ether oxygens (including phenoxy) is 1. The van der Waals surface area contributed by atoms with Crippen LogP contribution in [-0.2, 0) is 9.53 Å². The summed E-state index contributed by atoms with van der Waals surface area (Å²) in [6.45, 7) is 5.99. The molecule has 98 valence electrons. The first-order chi connectivity index (χ1) is 8.61. The molecule has 0 radical (unpaired) electrons. The number of carbonyl (C=O) groups is 1. The van der Waals surface area contributed by atoms with Crippen molar-refractivity contribution in [3.8, 4) is 0 Å². The average Bonchev–Trinajstić information content (AvgIpc) is 2.60. The number of aliphatic hydroxyl groups excluding tert-OH is 1. The molecule has 0 aromatic heterocycles. The van der Waals surface area contributed by atoms with Crippen LogP contribution in [0.15, 0.2) is 35.5 Å². The Bertz CT molecular complexity index is 417. The molecule has 0 bridgehead atoms. The van der Waals surface area contributed by atoms with E-state index < -0.39 is 0 Å². The van der Waals surface area contributed by atoms with Crippen molar-refractivity contribution in [1.82, 2.24) is 0 Å². The smallest absolute Gasteiger partial charge is 0.334 e. The summed E-state index contributed by atoms with van der Waals surface area (Å²) >= 11 is 0. The lowest BCUT2D eigenvalue weighted by atomic mass is 9.88. The minimum absolute atomic E-state index is 0.0560. The van der Waals surface area contributed by atoms with Crippen LogP contribution in [0.4, 0.5) is 0 Å². The summed E-state index contributed by atoms with van der Waals surface area (Å²) in [5, 5.41) is 9.29. The Labute approximate surface area is 108 Å². The van der Waals surface area contributed by atoms with Crippen LogP contribution in [0.1, 0.15) is 32.6 Å². The first-order valence-electron chi connectivity index (χ1n) is 6.47. The molecule has 1 saturated heterocycles. The van der Waals surface area contributed by atoms with Gasteiger partial charge in [-0.25, -0.2) is 4.79 Å². The maximum atomic E-state index is 11.6. The van der Waals surface area contributed by atoms with E-state index >= 15 is 0 Å². The molecule has 3 nitrogen and oxygen atoms in total. The Morgan fingerprint density at radius 1 is 1.50 bits per heavy atom. The first-order valence-corrected chi connectivity index (χ1v) is 6.47. The minimum Gasteiger partial charge on any atom is -0.454 e. The zero-order chi connectivity index (χ0) is 13.1. The van der Waals surface area contributed by atoms with Gasteiger partial charge in [0, 0.05) is 11.5 Å². The van der Waals surface area contributed by atoms with Crippen molar-refractivity contribution in [2.75, 3.05) is 6.61 Å². The van der Waals surface area contributed by atoms with E-state index in [4.69, 9.17) is 4.74 Å². The summed E-state index contributed by atoms with van der Waals surface area (Å²) in [6.07, 6.45) is 7.49. The van der Waals surface area contributed by atoms with Gasteiger partial charge < -0.3 is 9.84 Å². The molecular formula is C15H20O3. The van der Waals surface area contributed by atoms with Gasteiger partial charge in [-0.3, -0.25) is 0 Å². The fourth-order valence-electron chi connectivity index (χ4n) is 2.57. The second-order valence-electron chi connectivity index (χ2n) is 5.11. The van der Waals surface area contributed by atoms with E-state index in [1.54, 1.807) is 0 Å². The molecule has 1 heterocycles. The zero-order valence-electron chi connectivity index (χ0n) is 10.8. The largest absolute Gasteiger partial charge is 0.454 e. The molecule has 1 fully saturated rings. The Kier molecular flexibility index (Phi) is 4.02. The number of fused-ring (bicyclic) bond motifs is 1. The summed E-state index contributed by atoms with van der Waals surface area (Å²) in [6, 6.07) is 0. The highest BCUT2D eigenvalue weighted by molar-refractivity contribution is 5.91. The molecular weight excluding hydrogens is 228 g/mol. The number of aliphatic hydroxyl groups is 1. The Morgan fingerprint density at radius 2 is 2.28 bits per heavy atom. The van der Waals surface area contributed by atoms with Crippen molar-refractivity contribution in [2.45, 2.75) is 38.7 Å². The van der Waals surface area contributed by atoms with E-state index in [0.29, 0.717) is 5.57 Å². The molecule has 3 heteroatoms. The topological polar surface area (TPSA) is 46.5 Å². The molecule has 18 heavy (non-hydrogen) atoms. The SMILES string of the molecule is C=C1C(=O)O[C@H]2/C=C(\C)CC/C=C(/CO)CC[C@@H]12. The zero-order valence-corrected chi connectivity index (χ0v) is 10.8. The predicted molar refractivity (Wildman–Crippen MR) is 69.9 cm³/mol. The minimum atomic E-state index is -0.275. The van der Waals surface area contributed by atoms with Crippen LogP contribution >= 0.6 is 0 Å². The van der Waals surface area contributed by atoms with Gasteiger partial charge in [0.1, 0.15) is 6.10 Å². The van der Waals surface area contributed by atoms with Gasteiger partial charge in [0.25, 0.3) is 0 Å².